The molecule has 2 heterocycles. The highest BCUT2D eigenvalue weighted by atomic mass is 35.5. The van der Waals surface area contributed by atoms with Crippen molar-refractivity contribution in [3.05, 3.63) is 29.3 Å². The Bertz CT molecular complexity index is 826. The monoisotopic (exact) mass is 454 g/mol. The third-order valence-corrected chi connectivity index (χ3v) is 5.99. The summed E-state index contributed by atoms with van der Waals surface area (Å²) < 4.78 is 13.3. The van der Waals surface area contributed by atoms with E-state index in [1.807, 2.05) is 0 Å². The summed E-state index contributed by atoms with van der Waals surface area (Å²) in [6.07, 6.45) is -1.58. The number of anilines is 1. The van der Waals surface area contributed by atoms with E-state index in [9.17, 15) is 23.9 Å². The number of benzene rings is 1. The Labute approximate surface area is 185 Å². The van der Waals surface area contributed by atoms with Gasteiger partial charge in [-0.05, 0) is 38.0 Å². The van der Waals surface area contributed by atoms with Gasteiger partial charge in [-0.15, -0.1) is 0 Å². The number of nitrogens with one attached hydrogen (secondary N) is 1. The Hall–Kier alpha value is -2.39. The number of β-amino-alcohol motifs (C(OH)–C–C–N with tert-alkyl or cyclic N) is 1. The van der Waals surface area contributed by atoms with E-state index in [1.165, 1.54) is 9.80 Å². The maximum atomic E-state index is 13.3. The van der Waals surface area contributed by atoms with Gasteiger partial charge >= 0.3 is 6.03 Å². The highest BCUT2D eigenvalue weighted by Crippen LogP contribution is 2.19. The number of amides is 4. The van der Waals surface area contributed by atoms with E-state index in [0.717, 1.165) is 0 Å². The van der Waals surface area contributed by atoms with Crippen LogP contribution in [0.2, 0.25) is 5.02 Å². The molecular formula is C21H28ClFN4O4. The van der Waals surface area contributed by atoms with Crippen molar-refractivity contribution in [1.29, 1.82) is 0 Å². The number of piperidine rings is 1. The number of urea groups is 1. The molecule has 4 amide bonds. The van der Waals surface area contributed by atoms with Crippen LogP contribution in [0, 0.1) is 0 Å². The van der Waals surface area contributed by atoms with Gasteiger partial charge in [0.25, 0.3) is 0 Å². The van der Waals surface area contributed by atoms with Crippen LogP contribution in [0.1, 0.15) is 26.2 Å². The topological polar surface area (TPSA) is 93.2 Å². The smallest absolute Gasteiger partial charge is 0.322 e. The summed E-state index contributed by atoms with van der Waals surface area (Å²) >= 11 is 5.94. The zero-order chi connectivity index (χ0) is 22.5. The first-order valence-electron chi connectivity index (χ1n) is 10.5. The summed E-state index contributed by atoms with van der Waals surface area (Å²) in [5, 5.41) is 12.9. The van der Waals surface area contributed by atoms with Crippen LogP contribution < -0.4 is 5.32 Å². The number of hydrogen-bond acceptors (Lipinski definition) is 4. The van der Waals surface area contributed by atoms with Crippen LogP contribution in [0.25, 0.3) is 0 Å². The summed E-state index contributed by atoms with van der Waals surface area (Å²) in [4.78, 5) is 42.2. The van der Waals surface area contributed by atoms with Crippen molar-refractivity contribution in [2.24, 2.45) is 0 Å². The lowest BCUT2D eigenvalue weighted by atomic mass is 10.1. The van der Waals surface area contributed by atoms with Crippen LogP contribution in [0.15, 0.2) is 24.3 Å². The van der Waals surface area contributed by atoms with Crippen molar-refractivity contribution < 1.29 is 23.9 Å². The third kappa shape index (κ3) is 5.86. The number of nitrogens with zero attached hydrogens (tertiary/aromatic N) is 3. The second-order valence-corrected chi connectivity index (χ2v) is 8.39. The van der Waals surface area contributed by atoms with E-state index >= 15 is 0 Å². The molecule has 0 aromatic heterocycles. The molecule has 2 aliphatic heterocycles. The average molecular weight is 455 g/mol. The van der Waals surface area contributed by atoms with Crippen LogP contribution in [-0.4, -0.2) is 88.7 Å². The summed E-state index contributed by atoms with van der Waals surface area (Å²) in [6, 6.07) is 5.80. The van der Waals surface area contributed by atoms with Crippen molar-refractivity contribution in [2.45, 2.75) is 44.5 Å². The number of hydrogen-bond donors (Lipinski definition) is 2. The molecule has 31 heavy (non-hydrogen) atoms. The van der Waals surface area contributed by atoms with E-state index < -0.39 is 18.3 Å². The number of rotatable bonds is 5. The van der Waals surface area contributed by atoms with Gasteiger partial charge in [-0.3, -0.25) is 9.59 Å². The number of likely N-dealkylation sites (tertiary alicyclic amines) is 1. The molecule has 2 aliphatic rings. The summed E-state index contributed by atoms with van der Waals surface area (Å²) in [6.45, 7) is 3.15. The van der Waals surface area contributed by atoms with Gasteiger partial charge in [0.1, 0.15) is 18.3 Å². The van der Waals surface area contributed by atoms with Crippen molar-refractivity contribution in [3.63, 3.8) is 0 Å². The molecule has 1 aromatic rings. The van der Waals surface area contributed by atoms with Gasteiger partial charge in [-0.25, -0.2) is 9.18 Å². The van der Waals surface area contributed by atoms with E-state index in [1.54, 1.807) is 36.1 Å². The van der Waals surface area contributed by atoms with Gasteiger partial charge < -0.3 is 25.1 Å². The first-order chi connectivity index (χ1) is 14.8. The van der Waals surface area contributed by atoms with E-state index in [-0.39, 0.29) is 37.2 Å². The Kier molecular flexibility index (Phi) is 7.72. The molecule has 10 heteroatoms. The van der Waals surface area contributed by atoms with Crippen molar-refractivity contribution in [1.82, 2.24) is 14.7 Å². The molecule has 0 spiro atoms. The number of carbonyl (C=O) groups excluding carboxylic acids is 3. The minimum Gasteiger partial charge on any atom is -0.388 e. The Balaban J connectivity index is 1.45. The predicted molar refractivity (Wildman–Crippen MR) is 115 cm³/mol. The second-order valence-electron chi connectivity index (χ2n) is 7.95. The fourth-order valence-electron chi connectivity index (χ4n) is 3.90. The Morgan fingerprint density at radius 1 is 1.29 bits per heavy atom. The Morgan fingerprint density at radius 2 is 2.06 bits per heavy atom. The number of alkyl halides is 1. The molecule has 170 valence electrons. The highest BCUT2D eigenvalue weighted by Gasteiger charge is 2.34. The lowest BCUT2D eigenvalue weighted by Crippen LogP contribution is -2.58. The lowest BCUT2D eigenvalue weighted by molar-refractivity contribution is -0.140. The number of halogens is 2. The molecule has 0 aliphatic carbocycles. The highest BCUT2D eigenvalue weighted by molar-refractivity contribution is 6.30. The summed E-state index contributed by atoms with van der Waals surface area (Å²) in [5.41, 5.74) is 0.556. The van der Waals surface area contributed by atoms with Crippen molar-refractivity contribution in [3.8, 4) is 0 Å². The molecule has 0 saturated carbocycles. The van der Waals surface area contributed by atoms with Gasteiger partial charge in [-0.2, -0.15) is 0 Å². The normalized spacial score (nSPS) is 24.3. The van der Waals surface area contributed by atoms with Gasteiger partial charge in [-0.1, -0.05) is 17.7 Å². The molecule has 1 aromatic carbocycles. The first kappa shape index (κ1) is 23.3. The van der Waals surface area contributed by atoms with E-state index in [0.29, 0.717) is 43.3 Å². The standard InChI is InChI=1S/C21H28ClFN4O4/c1-14-20(30)25(8-3-6-19(29)26-9-7-17(23)18(28)13-26)10-11-27(14)21(31)24-16-5-2-4-15(22)12-16/h2,4-5,12,14,17-18,28H,3,6-11,13H2,1H3,(H,24,31). The van der Waals surface area contributed by atoms with Crippen LogP contribution >= 0.6 is 11.6 Å². The number of aliphatic hydroxyl groups is 1. The third-order valence-electron chi connectivity index (χ3n) is 5.76. The zero-order valence-corrected chi connectivity index (χ0v) is 18.2. The molecule has 0 bridgehead atoms. The molecule has 2 fully saturated rings. The molecule has 3 atom stereocenters. The van der Waals surface area contributed by atoms with Crippen LogP contribution in [-0.2, 0) is 9.59 Å². The number of aliphatic hydroxyl groups excluding tert-OH is 1. The predicted octanol–water partition coefficient (Wildman–Crippen LogP) is 2.12. The minimum absolute atomic E-state index is 0.0103. The molecule has 8 nitrogen and oxygen atoms in total. The van der Waals surface area contributed by atoms with Crippen LogP contribution in [0.5, 0.6) is 0 Å². The maximum Gasteiger partial charge on any atom is 0.322 e. The van der Waals surface area contributed by atoms with Gasteiger partial charge in [0, 0.05) is 49.9 Å². The number of piperazine rings is 1. The molecule has 0 radical (unpaired) electrons. The number of carbonyl (C=O) groups is 3. The SMILES string of the molecule is CC1C(=O)N(CCCC(=O)N2CCC(F)C(O)C2)CCN1C(=O)Nc1cccc(Cl)c1. The van der Waals surface area contributed by atoms with Gasteiger partial charge in [0.05, 0.1) is 0 Å². The van der Waals surface area contributed by atoms with Crippen LogP contribution in [0.4, 0.5) is 14.9 Å². The molecule has 2 saturated heterocycles. The summed E-state index contributed by atoms with van der Waals surface area (Å²) in [7, 11) is 0. The van der Waals surface area contributed by atoms with Gasteiger partial charge in [0.15, 0.2) is 0 Å². The van der Waals surface area contributed by atoms with Gasteiger partial charge in [0.2, 0.25) is 11.8 Å². The molecule has 3 rings (SSSR count). The fourth-order valence-corrected chi connectivity index (χ4v) is 4.09. The van der Waals surface area contributed by atoms with Crippen molar-refractivity contribution in [2.75, 3.05) is 38.0 Å². The first-order valence-corrected chi connectivity index (χ1v) is 10.9. The quantitative estimate of drug-likeness (QED) is 0.712. The second kappa shape index (κ2) is 10.3. The van der Waals surface area contributed by atoms with Crippen molar-refractivity contribution >= 4 is 35.1 Å². The lowest BCUT2D eigenvalue weighted by Gasteiger charge is -2.39. The fraction of sp³-hybridized carbons (Fsp3) is 0.571. The molecular weight excluding hydrogens is 427 g/mol. The molecule has 3 unspecified atom stereocenters. The summed E-state index contributed by atoms with van der Waals surface area (Å²) in [5.74, 6) is -0.320. The Morgan fingerprint density at radius 3 is 2.77 bits per heavy atom. The maximum absolute atomic E-state index is 13.3. The minimum atomic E-state index is -1.28. The van der Waals surface area contributed by atoms with E-state index in [2.05, 4.69) is 5.32 Å². The average Bonchev–Trinajstić information content (AvgIpc) is 2.73. The van der Waals surface area contributed by atoms with E-state index in [4.69, 9.17) is 11.6 Å². The molecule has 2 N–H and O–H groups in total. The van der Waals surface area contributed by atoms with Crippen LogP contribution in [0.3, 0.4) is 0 Å². The zero-order valence-electron chi connectivity index (χ0n) is 17.5. The largest absolute Gasteiger partial charge is 0.388 e.